The third kappa shape index (κ3) is 49.5. The third-order valence-corrected chi connectivity index (χ3v) is 10.9. The van der Waals surface area contributed by atoms with Crippen molar-refractivity contribution in [2.45, 2.75) is 238 Å². The van der Waals surface area contributed by atoms with E-state index in [1.165, 1.54) is 109 Å². The molecule has 1 atom stereocenters. The van der Waals surface area contributed by atoms with E-state index in [9.17, 15) is 14.7 Å². The molecule has 1 N–H and O–H groups in total. The fraction of sp³-hybridized carbons (Fsp3) is 0.684. The van der Waals surface area contributed by atoms with Gasteiger partial charge in [-0.2, -0.15) is 0 Å². The highest BCUT2D eigenvalue weighted by Crippen LogP contribution is 2.15. The first-order chi connectivity index (χ1) is 30.6. The second-order valence-electron chi connectivity index (χ2n) is 16.8. The molecule has 0 aromatic heterocycles. The number of esters is 2. The van der Waals surface area contributed by atoms with Crippen LogP contribution in [0.15, 0.2) is 97.2 Å². The number of hydrogen-bond donors (Lipinski definition) is 1. The Morgan fingerprint density at radius 3 is 0.968 bits per heavy atom. The molecule has 1 unspecified atom stereocenters. The Bertz CT molecular complexity index is 1200. The Balaban J connectivity index is 3.51. The van der Waals surface area contributed by atoms with Crippen molar-refractivity contribution in [2.24, 2.45) is 0 Å². The normalized spacial score (nSPS) is 13.0. The van der Waals surface area contributed by atoms with Gasteiger partial charge in [0.15, 0.2) is 6.10 Å². The van der Waals surface area contributed by atoms with Gasteiger partial charge in [0.2, 0.25) is 0 Å². The van der Waals surface area contributed by atoms with Crippen LogP contribution in [-0.4, -0.2) is 36.4 Å². The second-order valence-corrected chi connectivity index (χ2v) is 16.8. The lowest BCUT2D eigenvalue weighted by Gasteiger charge is -2.15. The highest BCUT2D eigenvalue weighted by molar-refractivity contribution is 5.70. The predicted molar refractivity (Wildman–Crippen MR) is 269 cm³/mol. The first-order valence-electron chi connectivity index (χ1n) is 25.8. The van der Waals surface area contributed by atoms with Crippen molar-refractivity contribution in [2.75, 3.05) is 13.2 Å². The van der Waals surface area contributed by atoms with Gasteiger partial charge in [0.05, 0.1) is 6.61 Å². The van der Waals surface area contributed by atoms with E-state index in [1.807, 2.05) is 0 Å². The lowest BCUT2D eigenvalue weighted by Crippen LogP contribution is -2.28. The number of aliphatic hydroxyl groups excluding tert-OH is 1. The standard InChI is InChI=1S/C57H96O5/c1-3-5-7-9-11-13-15-17-19-21-22-23-24-25-26-27-28-29-30-31-32-33-34-36-38-40-42-44-46-48-50-52-57(60)62-55(53-58)54-61-56(59)51-49-47-45-43-41-39-37-35-20-18-16-14-12-10-8-6-4-2/h5-8,11-14,17-20,22-23,25-26,55,58H,3-4,9-10,15-16,21,24,27-54H2,1-2H3/b7-5-,8-6-,13-11-,14-12-,19-17-,20-18-,23-22-,26-25-. The molecule has 0 saturated heterocycles. The van der Waals surface area contributed by atoms with Gasteiger partial charge in [0.25, 0.3) is 0 Å². The van der Waals surface area contributed by atoms with E-state index in [0.717, 1.165) is 96.3 Å². The molecule has 0 fully saturated rings. The quantitative estimate of drug-likeness (QED) is 0.0375. The van der Waals surface area contributed by atoms with Crippen molar-refractivity contribution in [1.82, 2.24) is 0 Å². The smallest absolute Gasteiger partial charge is 0.306 e. The molecule has 5 nitrogen and oxygen atoms in total. The molecule has 0 heterocycles. The molecular weight excluding hydrogens is 765 g/mol. The van der Waals surface area contributed by atoms with E-state index in [-0.39, 0.29) is 25.2 Å². The summed E-state index contributed by atoms with van der Waals surface area (Å²) in [6.07, 6.45) is 73.6. The zero-order valence-electron chi connectivity index (χ0n) is 40.4. The molecule has 62 heavy (non-hydrogen) atoms. The van der Waals surface area contributed by atoms with Crippen molar-refractivity contribution >= 4 is 11.9 Å². The van der Waals surface area contributed by atoms with Crippen molar-refractivity contribution in [3.63, 3.8) is 0 Å². The maximum Gasteiger partial charge on any atom is 0.306 e. The Labute approximate surface area is 383 Å². The molecule has 0 saturated carbocycles. The first-order valence-corrected chi connectivity index (χ1v) is 25.8. The van der Waals surface area contributed by atoms with E-state index in [0.29, 0.717) is 12.8 Å². The SMILES string of the molecule is CC/C=C\C/C=C\C/C=C\C/C=C\C/C=C\CCCCCCCCCCCCCCCCCC(=O)OC(CO)COC(=O)CCCCCCCCC/C=C\C/C=C\C/C=C\CC. The molecule has 0 aliphatic rings. The number of rotatable bonds is 46. The van der Waals surface area contributed by atoms with Crippen LogP contribution in [0.25, 0.3) is 0 Å². The average molecular weight is 861 g/mol. The minimum atomic E-state index is -0.781. The van der Waals surface area contributed by atoms with Crippen LogP contribution >= 0.6 is 0 Å². The molecule has 0 bridgehead atoms. The molecule has 5 heteroatoms. The summed E-state index contributed by atoms with van der Waals surface area (Å²) in [7, 11) is 0. The summed E-state index contributed by atoms with van der Waals surface area (Å²) in [5.41, 5.74) is 0. The van der Waals surface area contributed by atoms with E-state index >= 15 is 0 Å². The lowest BCUT2D eigenvalue weighted by molar-refractivity contribution is -0.161. The van der Waals surface area contributed by atoms with Crippen LogP contribution in [0, 0.1) is 0 Å². The van der Waals surface area contributed by atoms with Crippen LogP contribution in [0.1, 0.15) is 232 Å². The predicted octanol–water partition coefficient (Wildman–Crippen LogP) is 17.2. The van der Waals surface area contributed by atoms with E-state index in [4.69, 9.17) is 9.47 Å². The minimum Gasteiger partial charge on any atom is -0.462 e. The molecule has 0 radical (unpaired) electrons. The topological polar surface area (TPSA) is 72.8 Å². The summed E-state index contributed by atoms with van der Waals surface area (Å²) in [6, 6.07) is 0. The molecular formula is C57H96O5. The van der Waals surface area contributed by atoms with Crippen molar-refractivity contribution in [3.8, 4) is 0 Å². The number of ether oxygens (including phenoxy) is 2. The molecule has 0 aromatic rings. The number of hydrogen-bond acceptors (Lipinski definition) is 5. The summed E-state index contributed by atoms with van der Waals surface area (Å²) in [5.74, 6) is -0.603. The number of carbonyl (C=O) groups is 2. The van der Waals surface area contributed by atoms with Gasteiger partial charge in [-0.1, -0.05) is 227 Å². The maximum atomic E-state index is 12.3. The zero-order valence-corrected chi connectivity index (χ0v) is 40.4. The Morgan fingerprint density at radius 2 is 0.645 bits per heavy atom. The van der Waals surface area contributed by atoms with Gasteiger partial charge in [-0.05, 0) is 89.9 Å². The summed E-state index contributed by atoms with van der Waals surface area (Å²) in [4.78, 5) is 24.4. The van der Waals surface area contributed by atoms with Gasteiger partial charge in [-0.25, -0.2) is 0 Å². The van der Waals surface area contributed by atoms with Crippen LogP contribution in [0.3, 0.4) is 0 Å². The maximum absolute atomic E-state index is 12.3. The highest BCUT2D eigenvalue weighted by Gasteiger charge is 2.16. The number of carbonyl (C=O) groups excluding carboxylic acids is 2. The number of aliphatic hydroxyl groups is 1. The van der Waals surface area contributed by atoms with E-state index in [2.05, 4.69) is 111 Å². The largest absolute Gasteiger partial charge is 0.462 e. The first kappa shape index (κ1) is 58.8. The van der Waals surface area contributed by atoms with Gasteiger partial charge < -0.3 is 14.6 Å². The number of allylic oxidation sites excluding steroid dienone is 16. The van der Waals surface area contributed by atoms with Gasteiger partial charge >= 0.3 is 11.9 Å². The van der Waals surface area contributed by atoms with Gasteiger partial charge in [-0.15, -0.1) is 0 Å². The van der Waals surface area contributed by atoms with Crippen LogP contribution in [0.4, 0.5) is 0 Å². The van der Waals surface area contributed by atoms with Crippen molar-refractivity contribution in [1.29, 1.82) is 0 Å². The summed E-state index contributed by atoms with van der Waals surface area (Å²) in [5, 5.41) is 9.62. The fourth-order valence-electron chi connectivity index (χ4n) is 7.07. The Morgan fingerprint density at radius 1 is 0.371 bits per heavy atom. The fourth-order valence-corrected chi connectivity index (χ4v) is 7.07. The van der Waals surface area contributed by atoms with Gasteiger partial charge in [0.1, 0.15) is 6.61 Å². The summed E-state index contributed by atoms with van der Waals surface area (Å²) in [6.45, 7) is 3.91. The average Bonchev–Trinajstić information content (AvgIpc) is 3.28. The van der Waals surface area contributed by atoms with Gasteiger partial charge in [-0.3, -0.25) is 9.59 Å². The Hall–Kier alpha value is -3.18. The lowest BCUT2D eigenvalue weighted by atomic mass is 10.0. The summed E-state index contributed by atoms with van der Waals surface area (Å²) < 4.78 is 10.7. The number of unbranched alkanes of at least 4 members (excludes halogenated alkanes) is 22. The molecule has 0 rings (SSSR count). The van der Waals surface area contributed by atoms with Crippen LogP contribution in [0.2, 0.25) is 0 Å². The Kier molecular flexibility index (Phi) is 49.5. The molecule has 0 spiro atoms. The van der Waals surface area contributed by atoms with Gasteiger partial charge in [0, 0.05) is 12.8 Å². The monoisotopic (exact) mass is 861 g/mol. The molecule has 0 aliphatic carbocycles. The van der Waals surface area contributed by atoms with Crippen LogP contribution in [0.5, 0.6) is 0 Å². The molecule has 0 aromatic carbocycles. The van der Waals surface area contributed by atoms with E-state index < -0.39 is 6.10 Å². The van der Waals surface area contributed by atoms with Crippen LogP contribution in [-0.2, 0) is 19.1 Å². The molecule has 354 valence electrons. The summed E-state index contributed by atoms with van der Waals surface area (Å²) >= 11 is 0. The van der Waals surface area contributed by atoms with Crippen molar-refractivity contribution in [3.05, 3.63) is 97.2 Å². The van der Waals surface area contributed by atoms with Crippen LogP contribution < -0.4 is 0 Å². The third-order valence-electron chi connectivity index (χ3n) is 10.9. The molecule has 0 amide bonds. The van der Waals surface area contributed by atoms with Crippen molar-refractivity contribution < 1.29 is 24.2 Å². The highest BCUT2D eigenvalue weighted by atomic mass is 16.6. The second kappa shape index (κ2) is 52.2. The van der Waals surface area contributed by atoms with E-state index in [1.54, 1.807) is 0 Å². The minimum absolute atomic E-state index is 0.0743. The zero-order chi connectivity index (χ0) is 44.9. The molecule has 0 aliphatic heterocycles.